The number of hydrogen-bond acceptors (Lipinski definition) is 4. The monoisotopic (exact) mass is 373 g/mol. The highest BCUT2D eigenvalue weighted by atomic mass is 16.5. The zero-order valence-corrected chi connectivity index (χ0v) is 15.9. The van der Waals surface area contributed by atoms with Crippen LogP contribution in [0.25, 0.3) is 0 Å². The second kappa shape index (κ2) is 8.52. The Hall–Kier alpha value is -2.41. The van der Waals surface area contributed by atoms with Crippen LogP contribution in [0.3, 0.4) is 0 Å². The molecule has 146 valence electrons. The minimum atomic E-state index is -0.0869. The number of nitrogens with one attached hydrogen (secondary N) is 1. The van der Waals surface area contributed by atoms with Crippen LogP contribution < -0.4 is 5.32 Å². The molecule has 2 aliphatic heterocycles. The van der Waals surface area contributed by atoms with E-state index >= 15 is 0 Å². The molecule has 0 aromatic heterocycles. The lowest BCUT2D eigenvalue weighted by atomic mass is 9.96. The summed E-state index contributed by atoms with van der Waals surface area (Å²) in [5.74, 6) is -0.0702. The number of likely N-dealkylation sites (tertiary alicyclic amines) is 1. The molecule has 0 bridgehead atoms. The molecule has 1 atom stereocenters. The fraction of sp³-hybridized carbons (Fsp3) is 0.550. The van der Waals surface area contributed by atoms with Gasteiger partial charge in [0.25, 0.3) is 5.91 Å². The lowest BCUT2D eigenvalue weighted by Crippen LogP contribution is -2.47. The predicted molar refractivity (Wildman–Crippen MR) is 101 cm³/mol. The first-order valence-corrected chi connectivity index (χ1v) is 9.51. The van der Waals surface area contributed by atoms with Crippen molar-refractivity contribution in [3.63, 3.8) is 0 Å². The van der Waals surface area contributed by atoms with Crippen LogP contribution in [-0.4, -0.2) is 66.4 Å². The van der Waals surface area contributed by atoms with Crippen molar-refractivity contribution in [1.82, 2.24) is 9.80 Å². The molecule has 0 radical (unpaired) electrons. The number of amides is 3. The average molecular weight is 373 g/mol. The SMILES string of the molecule is CC(=O)N1CCC(C(=O)Nc2ccc(C(=O)N3CCOCC3C)cc2)CC1. The molecule has 27 heavy (non-hydrogen) atoms. The van der Waals surface area contributed by atoms with Crippen molar-refractivity contribution in [2.45, 2.75) is 32.7 Å². The van der Waals surface area contributed by atoms with Crippen LogP contribution in [0.15, 0.2) is 24.3 Å². The first kappa shape index (κ1) is 19.4. The Morgan fingerprint density at radius 2 is 1.74 bits per heavy atom. The minimum absolute atomic E-state index is 0.0136. The molecule has 1 N–H and O–H groups in total. The van der Waals surface area contributed by atoms with E-state index in [4.69, 9.17) is 4.74 Å². The zero-order valence-electron chi connectivity index (χ0n) is 15.9. The van der Waals surface area contributed by atoms with Gasteiger partial charge in [0.15, 0.2) is 0 Å². The number of carbonyl (C=O) groups is 3. The summed E-state index contributed by atoms with van der Waals surface area (Å²) in [6, 6.07) is 7.09. The van der Waals surface area contributed by atoms with Crippen LogP contribution in [0, 0.1) is 5.92 Å². The van der Waals surface area contributed by atoms with Gasteiger partial charge in [-0.1, -0.05) is 0 Å². The van der Waals surface area contributed by atoms with Gasteiger partial charge in [-0.25, -0.2) is 0 Å². The van der Waals surface area contributed by atoms with E-state index in [1.165, 1.54) is 0 Å². The van der Waals surface area contributed by atoms with Crippen molar-refractivity contribution in [1.29, 1.82) is 0 Å². The number of nitrogens with zero attached hydrogens (tertiary/aromatic N) is 2. The summed E-state index contributed by atoms with van der Waals surface area (Å²) < 4.78 is 5.38. The third kappa shape index (κ3) is 4.66. The average Bonchev–Trinajstić information content (AvgIpc) is 2.68. The molecular formula is C20H27N3O4. The van der Waals surface area contributed by atoms with Gasteiger partial charge in [0, 0.05) is 43.7 Å². The number of hydrogen-bond donors (Lipinski definition) is 1. The number of piperidine rings is 1. The van der Waals surface area contributed by atoms with E-state index in [0.717, 1.165) is 0 Å². The van der Waals surface area contributed by atoms with E-state index < -0.39 is 0 Å². The Morgan fingerprint density at radius 1 is 1.07 bits per heavy atom. The first-order chi connectivity index (χ1) is 13.0. The summed E-state index contributed by atoms with van der Waals surface area (Å²) >= 11 is 0. The lowest BCUT2D eigenvalue weighted by molar-refractivity contribution is -0.132. The van der Waals surface area contributed by atoms with Gasteiger partial charge >= 0.3 is 0 Å². The standard InChI is InChI=1S/C20H27N3O4/c1-14-13-27-12-11-23(14)20(26)17-3-5-18(6-4-17)21-19(25)16-7-9-22(10-8-16)15(2)24/h3-6,14,16H,7-13H2,1-2H3,(H,21,25). The largest absolute Gasteiger partial charge is 0.377 e. The van der Waals surface area contributed by atoms with Gasteiger partial charge in [0.05, 0.1) is 19.3 Å². The van der Waals surface area contributed by atoms with Crippen LogP contribution in [0.2, 0.25) is 0 Å². The van der Waals surface area contributed by atoms with Crippen LogP contribution in [0.5, 0.6) is 0 Å². The van der Waals surface area contributed by atoms with E-state index in [2.05, 4.69) is 5.32 Å². The van der Waals surface area contributed by atoms with Crippen LogP contribution in [-0.2, 0) is 14.3 Å². The fourth-order valence-electron chi connectivity index (χ4n) is 3.59. The number of morpholine rings is 1. The molecule has 2 saturated heterocycles. The molecule has 2 heterocycles. The highest BCUT2D eigenvalue weighted by Gasteiger charge is 2.27. The molecule has 3 amide bonds. The summed E-state index contributed by atoms with van der Waals surface area (Å²) in [6.45, 7) is 6.49. The van der Waals surface area contributed by atoms with Gasteiger partial charge in [0.1, 0.15) is 0 Å². The van der Waals surface area contributed by atoms with Crippen molar-refractivity contribution in [2.75, 3.05) is 38.2 Å². The summed E-state index contributed by atoms with van der Waals surface area (Å²) in [5.41, 5.74) is 1.29. The second-order valence-electron chi connectivity index (χ2n) is 7.27. The molecule has 0 spiro atoms. The van der Waals surface area contributed by atoms with Crippen LogP contribution in [0.4, 0.5) is 5.69 Å². The summed E-state index contributed by atoms with van der Waals surface area (Å²) in [6.07, 6.45) is 1.35. The first-order valence-electron chi connectivity index (χ1n) is 9.51. The third-order valence-corrected chi connectivity index (χ3v) is 5.34. The van der Waals surface area contributed by atoms with Gasteiger partial charge < -0.3 is 19.9 Å². The molecule has 2 aliphatic rings. The summed E-state index contributed by atoms with van der Waals surface area (Å²) in [7, 11) is 0. The number of rotatable bonds is 3. The number of carbonyl (C=O) groups excluding carboxylic acids is 3. The topological polar surface area (TPSA) is 79.0 Å². The Bertz CT molecular complexity index is 696. The quantitative estimate of drug-likeness (QED) is 0.875. The van der Waals surface area contributed by atoms with Gasteiger partial charge in [-0.3, -0.25) is 14.4 Å². The van der Waals surface area contributed by atoms with E-state index in [1.807, 2.05) is 11.8 Å². The zero-order chi connectivity index (χ0) is 19.4. The lowest BCUT2D eigenvalue weighted by Gasteiger charge is -2.33. The van der Waals surface area contributed by atoms with Crippen molar-refractivity contribution < 1.29 is 19.1 Å². The van der Waals surface area contributed by atoms with Gasteiger partial charge in [0.2, 0.25) is 11.8 Å². The van der Waals surface area contributed by atoms with Crippen LogP contribution >= 0.6 is 0 Å². The minimum Gasteiger partial charge on any atom is -0.377 e. The molecule has 2 fully saturated rings. The van der Waals surface area contributed by atoms with Crippen molar-refractivity contribution in [3.05, 3.63) is 29.8 Å². The Morgan fingerprint density at radius 3 is 2.33 bits per heavy atom. The highest BCUT2D eigenvalue weighted by molar-refractivity contribution is 5.96. The smallest absolute Gasteiger partial charge is 0.254 e. The molecule has 7 nitrogen and oxygen atoms in total. The molecule has 0 saturated carbocycles. The molecule has 1 aromatic rings. The van der Waals surface area contributed by atoms with Crippen molar-refractivity contribution >= 4 is 23.4 Å². The highest BCUT2D eigenvalue weighted by Crippen LogP contribution is 2.20. The number of ether oxygens (including phenoxy) is 1. The Labute approximate surface area is 159 Å². The summed E-state index contributed by atoms with van der Waals surface area (Å²) in [4.78, 5) is 40.0. The fourth-order valence-corrected chi connectivity index (χ4v) is 3.59. The van der Waals surface area contributed by atoms with E-state index in [1.54, 1.807) is 36.1 Å². The van der Waals surface area contributed by atoms with Gasteiger partial charge in [-0.2, -0.15) is 0 Å². The third-order valence-electron chi connectivity index (χ3n) is 5.34. The Balaban J connectivity index is 1.55. The maximum atomic E-state index is 12.6. The molecule has 0 aliphatic carbocycles. The van der Waals surface area contributed by atoms with Gasteiger partial charge in [-0.15, -0.1) is 0 Å². The number of anilines is 1. The molecule has 1 unspecified atom stereocenters. The normalized spacial score (nSPS) is 21.0. The van der Waals surface area contributed by atoms with Crippen molar-refractivity contribution in [2.24, 2.45) is 5.92 Å². The van der Waals surface area contributed by atoms with E-state index in [-0.39, 0.29) is 29.7 Å². The maximum absolute atomic E-state index is 12.6. The van der Waals surface area contributed by atoms with E-state index in [0.29, 0.717) is 56.9 Å². The van der Waals surface area contributed by atoms with Gasteiger partial charge in [-0.05, 0) is 44.0 Å². The number of benzene rings is 1. The van der Waals surface area contributed by atoms with Crippen molar-refractivity contribution in [3.8, 4) is 0 Å². The maximum Gasteiger partial charge on any atom is 0.254 e. The molecular weight excluding hydrogens is 346 g/mol. The second-order valence-corrected chi connectivity index (χ2v) is 7.27. The predicted octanol–water partition coefficient (Wildman–Crippen LogP) is 1.74. The molecule has 7 heteroatoms. The van der Waals surface area contributed by atoms with E-state index in [9.17, 15) is 14.4 Å². The molecule has 3 rings (SSSR count). The summed E-state index contributed by atoms with van der Waals surface area (Å²) in [5, 5.41) is 2.92. The van der Waals surface area contributed by atoms with Crippen LogP contribution in [0.1, 0.15) is 37.0 Å². The Kier molecular flexibility index (Phi) is 6.11. The molecule has 1 aromatic carbocycles.